The molecule has 4 rings (SSSR count). The van der Waals surface area contributed by atoms with Crippen LogP contribution in [-0.2, 0) is 27.2 Å². The second kappa shape index (κ2) is 19.7. The molecule has 0 radical (unpaired) electrons. The molecule has 3 amide bonds. The van der Waals surface area contributed by atoms with Gasteiger partial charge in [-0.1, -0.05) is 69.5 Å². The fraction of sp³-hybridized carbons (Fsp3) is 0.564. The van der Waals surface area contributed by atoms with Crippen molar-refractivity contribution in [1.82, 2.24) is 25.1 Å². The van der Waals surface area contributed by atoms with E-state index in [1.807, 2.05) is 69.3 Å². The van der Waals surface area contributed by atoms with Gasteiger partial charge in [-0.3, -0.25) is 19.4 Å². The lowest BCUT2D eigenvalue weighted by Gasteiger charge is -2.37. The molecule has 2 heterocycles. The predicted octanol–water partition coefficient (Wildman–Crippen LogP) is 4.79. The Morgan fingerprint density at radius 1 is 0.980 bits per heavy atom. The molecule has 5 atom stereocenters. The van der Waals surface area contributed by atoms with E-state index in [4.69, 9.17) is 5.73 Å². The molecular weight excluding hydrogens is 665 g/mol. The summed E-state index contributed by atoms with van der Waals surface area (Å²) < 4.78 is 0. The molecule has 1 aromatic carbocycles. The Hall–Kier alpha value is -3.87. The van der Waals surface area contributed by atoms with Crippen molar-refractivity contribution in [2.75, 3.05) is 25.9 Å². The van der Waals surface area contributed by atoms with Gasteiger partial charge in [0.05, 0.1) is 29.8 Å². The molecule has 11 nitrogen and oxygen atoms in total. The van der Waals surface area contributed by atoms with E-state index in [0.717, 1.165) is 43.4 Å². The van der Waals surface area contributed by atoms with Gasteiger partial charge < -0.3 is 31.1 Å². The van der Waals surface area contributed by atoms with Crippen LogP contribution < -0.4 is 11.1 Å². The number of nitrogens with two attached hydrogens (primary N) is 1. The number of anilines is 1. The standard InChI is InChI=1S/C39H56N6O5S/c1-26(2)21-33(46)37(49)36(29-15-9-6-10-16-29)43-38(50)30(22-32-25-51-39(40)42-32)23-34(47)45(27(3)28-13-7-5-8-14-28)24-35(48)44(4)20-18-31-17-11-12-19-41-31/h5,7-8,11-14,17,19,25-27,29-30,33,36-37,46,49H,6,9-10,15-16,18,20-24H2,1-4H3,(H2,40,42)(H,43,50)/t27-,30+,33-,36-,37-/m0/s1. The number of pyridine rings is 1. The molecule has 5 N–H and O–H groups in total. The van der Waals surface area contributed by atoms with Gasteiger partial charge in [0.1, 0.15) is 12.6 Å². The van der Waals surface area contributed by atoms with Gasteiger partial charge in [0.25, 0.3) is 0 Å². The predicted molar refractivity (Wildman–Crippen MR) is 200 cm³/mol. The van der Waals surface area contributed by atoms with Crippen molar-refractivity contribution in [3.05, 3.63) is 77.1 Å². The minimum atomic E-state index is -1.15. The highest BCUT2D eigenvalue weighted by molar-refractivity contribution is 7.13. The average Bonchev–Trinajstić information content (AvgIpc) is 3.55. The summed E-state index contributed by atoms with van der Waals surface area (Å²) in [6.07, 6.45) is 5.24. The van der Waals surface area contributed by atoms with Crippen LogP contribution in [0.5, 0.6) is 0 Å². The molecule has 1 fully saturated rings. The number of nitrogen functional groups attached to an aromatic ring is 1. The number of nitrogens with zero attached hydrogens (tertiary/aromatic N) is 4. The summed E-state index contributed by atoms with van der Waals surface area (Å²) in [4.78, 5) is 54.2. The number of aliphatic hydroxyl groups excluding tert-OH is 2. The van der Waals surface area contributed by atoms with E-state index in [9.17, 15) is 24.6 Å². The number of likely N-dealkylation sites (N-methyl/N-ethyl adjacent to an activating group) is 1. The first-order valence-corrected chi connectivity index (χ1v) is 19.2. The zero-order valence-electron chi connectivity index (χ0n) is 30.5. The third-order valence-corrected chi connectivity index (χ3v) is 10.7. The maximum atomic E-state index is 14.4. The largest absolute Gasteiger partial charge is 0.390 e. The highest BCUT2D eigenvalue weighted by atomic mass is 32.1. The number of carbonyl (C=O) groups is 3. The van der Waals surface area contributed by atoms with Crippen LogP contribution in [0, 0.1) is 17.8 Å². The molecule has 12 heteroatoms. The van der Waals surface area contributed by atoms with Crippen LogP contribution in [-0.4, -0.2) is 86.1 Å². The summed E-state index contributed by atoms with van der Waals surface area (Å²) >= 11 is 1.26. The van der Waals surface area contributed by atoms with Crippen LogP contribution >= 0.6 is 11.3 Å². The van der Waals surface area contributed by atoms with Gasteiger partial charge >= 0.3 is 0 Å². The molecule has 0 unspecified atom stereocenters. The van der Waals surface area contributed by atoms with E-state index in [1.165, 1.54) is 11.3 Å². The van der Waals surface area contributed by atoms with Crippen molar-refractivity contribution >= 4 is 34.2 Å². The molecule has 0 aliphatic heterocycles. The van der Waals surface area contributed by atoms with E-state index < -0.39 is 36.1 Å². The summed E-state index contributed by atoms with van der Waals surface area (Å²) in [5.41, 5.74) is 8.27. The summed E-state index contributed by atoms with van der Waals surface area (Å²) in [5, 5.41) is 27.7. The van der Waals surface area contributed by atoms with Gasteiger partial charge in [-0.15, -0.1) is 11.3 Å². The Morgan fingerprint density at radius 2 is 1.69 bits per heavy atom. The second-order valence-corrected chi connectivity index (χ2v) is 15.3. The van der Waals surface area contributed by atoms with Gasteiger partial charge in [-0.05, 0) is 55.7 Å². The normalized spacial score (nSPS) is 16.5. The first-order valence-electron chi connectivity index (χ1n) is 18.3. The highest BCUT2D eigenvalue weighted by Gasteiger charge is 2.37. The lowest BCUT2D eigenvalue weighted by Crippen LogP contribution is -2.55. The summed E-state index contributed by atoms with van der Waals surface area (Å²) in [6.45, 7) is 6.11. The number of rotatable bonds is 18. The van der Waals surface area contributed by atoms with Crippen LogP contribution in [0.1, 0.15) is 88.7 Å². The van der Waals surface area contributed by atoms with Crippen LogP contribution in [0.2, 0.25) is 0 Å². The smallest absolute Gasteiger partial charge is 0.241 e. The SMILES string of the molecule is CC(C)C[C@H](O)[C@H](O)[C@@H](NC(=O)[C@@H](CC(=O)N(CC(=O)N(C)CCc1ccccn1)[C@@H](C)c1ccccc1)Cc1csc(N)n1)C1CCCCC1. The number of aliphatic hydroxyl groups is 2. The number of hydrogen-bond acceptors (Lipinski definition) is 9. The van der Waals surface area contributed by atoms with Crippen LogP contribution in [0.25, 0.3) is 0 Å². The van der Waals surface area contributed by atoms with E-state index in [0.29, 0.717) is 30.2 Å². The Kier molecular flexibility index (Phi) is 15.4. The molecule has 0 spiro atoms. The molecule has 3 aromatic rings. The molecule has 1 saturated carbocycles. The minimum absolute atomic E-state index is 0.000346. The van der Waals surface area contributed by atoms with Crippen molar-refractivity contribution in [3.8, 4) is 0 Å². The molecule has 51 heavy (non-hydrogen) atoms. The van der Waals surface area contributed by atoms with E-state index in [1.54, 1.807) is 28.4 Å². The van der Waals surface area contributed by atoms with Crippen molar-refractivity contribution < 1.29 is 24.6 Å². The summed E-state index contributed by atoms with van der Waals surface area (Å²) in [5.74, 6) is -1.67. The van der Waals surface area contributed by atoms with E-state index in [2.05, 4.69) is 15.3 Å². The van der Waals surface area contributed by atoms with Gasteiger partial charge in [0.15, 0.2) is 5.13 Å². The number of benzene rings is 1. The monoisotopic (exact) mass is 720 g/mol. The molecule has 278 valence electrons. The fourth-order valence-electron chi connectivity index (χ4n) is 6.95. The zero-order valence-corrected chi connectivity index (χ0v) is 31.3. The number of thiazole rings is 1. The van der Waals surface area contributed by atoms with Crippen LogP contribution in [0.3, 0.4) is 0 Å². The van der Waals surface area contributed by atoms with Crippen molar-refractivity contribution in [3.63, 3.8) is 0 Å². The quantitative estimate of drug-likeness (QED) is 0.146. The topological polar surface area (TPSA) is 162 Å². The van der Waals surface area contributed by atoms with Crippen molar-refractivity contribution in [1.29, 1.82) is 0 Å². The molecule has 0 saturated heterocycles. The maximum absolute atomic E-state index is 14.4. The Bertz CT molecular complexity index is 1520. The molecule has 0 bridgehead atoms. The number of carbonyl (C=O) groups excluding carboxylic acids is 3. The molecule has 1 aliphatic carbocycles. The average molecular weight is 721 g/mol. The number of hydrogen-bond donors (Lipinski definition) is 4. The number of nitrogens with one attached hydrogen (secondary N) is 1. The third kappa shape index (κ3) is 12.1. The zero-order chi connectivity index (χ0) is 36.9. The molecule has 2 aromatic heterocycles. The number of amides is 3. The van der Waals surface area contributed by atoms with Crippen LogP contribution in [0.4, 0.5) is 5.13 Å². The lowest BCUT2D eigenvalue weighted by molar-refractivity contribution is -0.144. The Morgan fingerprint density at radius 3 is 2.31 bits per heavy atom. The van der Waals surface area contributed by atoms with E-state index >= 15 is 0 Å². The minimum Gasteiger partial charge on any atom is -0.390 e. The van der Waals surface area contributed by atoms with Crippen molar-refractivity contribution in [2.24, 2.45) is 17.8 Å². The highest BCUT2D eigenvalue weighted by Crippen LogP contribution is 2.31. The third-order valence-electron chi connectivity index (χ3n) is 9.99. The Labute approximate surface area is 306 Å². The van der Waals surface area contributed by atoms with Gasteiger partial charge in [-0.2, -0.15) is 0 Å². The van der Waals surface area contributed by atoms with Gasteiger partial charge in [0.2, 0.25) is 17.7 Å². The maximum Gasteiger partial charge on any atom is 0.241 e. The Balaban J connectivity index is 1.58. The van der Waals surface area contributed by atoms with Gasteiger partial charge in [0, 0.05) is 50.1 Å². The van der Waals surface area contributed by atoms with Crippen LogP contribution in [0.15, 0.2) is 60.1 Å². The second-order valence-electron chi connectivity index (χ2n) is 14.4. The first kappa shape index (κ1) is 39.9. The van der Waals surface area contributed by atoms with E-state index in [-0.39, 0.29) is 43.0 Å². The fourth-order valence-corrected chi connectivity index (χ4v) is 7.52. The summed E-state index contributed by atoms with van der Waals surface area (Å²) in [7, 11) is 1.72. The number of aromatic nitrogens is 2. The lowest BCUT2D eigenvalue weighted by atomic mass is 9.79. The molecule has 1 aliphatic rings. The first-order chi connectivity index (χ1) is 24.4. The van der Waals surface area contributed by atoms with Crippen molar-refractivity contribution in [2.45, 2.75) is 103 Å². The molecular formula is C39H56N6O5S. The van der Waals surface area contributed by atoms with Gasteiger partial charge in [-0.25, -0.2) is 4.98 Å². The summed E-state index contributed by atoms with van der Waals surface area (Å²) in [6, 6.07) is 14.1.